The Balaban J connectivity index is 1.45. The highest BCUT2D eigenvalue weighted by molar-refractivity contribution is 5.27. The predicted octanol–water partition coefficient (Wildman–Crippen LogP) is 2.75. The van der Waals surface area contributed by atoms with Crippen LogP contribution in [0.2, 0.25) is 0 Å². The highest BCUT2D eigenvalue weighted by Crippen LogP contribution is 2.48. The maximum Gasteiger partial charge on any atom is 0.168 e. The zero-order chi connectivity index (χ0) is 18.0. The van der Waals surface area contributed by atoms with Gasteiger partial charge in [-0.15, -0.1) is 0 Å². The summed E-state index contributed by atoms with van der Waals surface area (Å²) in [5.41, 5.74) is 1.46. The van der Waals surface area contributed by atoms with E-state index < -0.39 is 0 Å². The maximum atomic E-state index is 10.2. The number of aliphatic hydroxyl groups is 1. The molecule has 0 bridgehead atoms. The van der Waals surface area contributed by atoms with Gasteiger partial charge in [0.15, 0.2) is 5.79 Å². The van der Waals surface area contributed by atoms with Crippen LogP contribution in [0.4, 0.5) is 0 Å². The Kier molecular flexibility index (Phi) is 5.24. The van der Waals surface area contributed by atoms with Gasteiger partial charge in [-0.05, 0) is 56.3 Å². The van der Waals surface area contributed by atoms with Gasteiger partial charge in [0.05, 0.1) is 26.9 Å². The molecule has 5 heteroatoms. The fourth-order valence-electron chi connectivity index (χ4n) is 5.26. The van der Waals surface area contributed by atoms with Crippen LogP contribution in [0, 0.1) is 0 Å². The Morgan fingerprint density at radius 1 is 1.08 bits per heavy atom. The van der Waals surface area contributed by atoms with Crippen LogP contribution in [0.15, 0.2) is 24.3 Å². The Hall–Kier alpha value is -1.14. The molecule has 144 valence electrons. The number of nitrogens with zero attached hydrogens (tertiary/aromatic N) is 1. The van der Waals surface area contributed by atoms with E-state index in [1.165, 1.54) is 18.4 Å². The second-order valence-electron chi connectivity index (χ2n) is 8.02. The number of rotatable bonds is 5. The molecule has 1 saturated carbocycles. The summed E-state index contributed by atoms with van der Waals surface area (Å²) in [6, 6.07) is 8.40. The van der Waals surface area contributed by atoms with E-state index in [0.717, 1.165) is 57.6 Å². The number of aliphatic hydroxyl groups excluding tert-OH is 1. The topological polar surface area (TPSA) is 51.2 Å². The van der Waals surface area contributed by atoms with E-state index in [4.69, 9.17) is 14.2 Å². The van der Waals surface area contributed by atoms with Crippen molar-refractivity contribution < 1.29 is 19.3 Å². The lowest BCUT2D eigenvalue weighted by Gasteiger charge is -2.49. The summed E-state index contributed by atoms with van der Waals surface area (Å²) in [6.07, 6.45) is 7.48. The van der Waals surface area contributed by atoms with Crippen molar-refractivity contribution in [1.29, 1.82) is 0 Å². The van der Waals surface area contributed by atoms with E-state index in [0.29, 0.717) is 0 Å². The van der Waals surface area contributed by atoms with Crippen molar-refractivity contribution in [1.82, 2.24) is 4.90 Å². The molecule has 2 heterocycles. The zero-order valence-corrected chi connectivity index (χ0v) is 15.8. The van der Waals surface area contributed by atoms with Crippen molar-refractivity contribution in [2.45, 2.75) is 62.3 Å². The minimum Gasteiger partial charge on any atom is -0.497 e. The molecule has 26 heavy (non-hydrogen) atoms. The molecule has 2 spiro atoms. The van der Waals surface area contributed by atoms with Crippen molar-refractivity contribution in [3.8, 4) is 5.75 Å². The van der Waals surface area contributed by atoms with Crippen molar-refractivity contribution >= 4 is 0 Å². The molecule has 3 fully saturated rings. The number of benzene rings is 1. The Labute approximate surface area is 156 Å². The van der Waals surface area contributed by atoms with Gasteiger partial charge >= 0.3 is 0 Å². The Bertz CT molecular complexity index is 587. The molecule has 0 unspecified atom stereocenters. The molecular formula is C21H31NO4. The van der Waals surface area contributed by atoms with Gasteiger partial charge in [0.2, 0.25) is 0 Å². The average Bonchev–Trinajstić information content (AvgIpc) is 3.31. The minimum absolute atomic E-state index is 0.172. The third-order valence-electron chi connectivity index (χ3n) is 6.69. The van der Waals surface area contributed by atoms with Gasteiger partial charge < -0.3 is 19.3 Å². The van der Waals surface area contributed by atoms with E-state index in [1.807, 2.05) is 12.1 Å². The molecule has 1 aliphatic carbocycles. The number of likely N-dealkylation sites (tertiary alicyclic amines) is 1. The molecule has 5 nitrogen and oxygen atoms in total. The largest absolute Gasteiger partial charge is 0.497 e. The third-order valence-corrected chi connectivity index (χ3v) is 6.69. The average molecular weight is 361 g/mol. The van der Waals surface area contributed by atoms with Crippen LogP contribution in [-0.4, -0.2) is 60.8 Å². The van der Waals surface area contributed by atoms with Crippen LogP contribution in [0.1, 0.15) is 44.1 Å². The van der Waals surface area contributed by atoms with E-state index in [-0.39, 0.29) is 24.0 Å². The number of methoxy groups -OCH3 is 1. The molecule has 2 aliphatic heterocycles. The van der Waals surface area contributed by atoms with Crippen LogP contribution in [-0.2, 0) is 15.9 Å². The van der Waals surface area contributed by atoms with Crippen molar-refractivity contribution in [2.75, 3.05) is 33.5 Å². The Morgan fingerprint density at radius 2 is 1.77 bits per heavy atom. The van der Waals surface area contributed by atoms with Crippen molar-refractivity contribution in [3.63, 3.8) is 0 Å². The quantitative estimate of drug-likeness (QED) is 0.874. The van der Waals surface area contributed by atoms with E-state index in [2.05, 4.69) is 17.0 Å². The van der Waals surface area contributed by atoms with Crippen LogP contribution in [0.5, 0.6) is 5.75 Å². The molecule has 0 radical (unpaired) electrons. The predicted molar refractivity (Wildman–Crippen MR) is 99.3 cm³/mol. The lowest BCUT2D eigenvalue weighted by atomic mass is 9.76. The molecule has 2 saturated heterocycles. The van der Waals surface area contributed by atoms with E-state index in [9.17, 15) is 5.11 Å². The maximum absolute atomic E-state index is 10.2. The molecule has 3 aliphatic rings. The summed E-state index contributed by atoms with van der Waals surface area (Å²) in [7, 11) is 1.69. The highest BCUT2D eigenvalue weighted by Gasteiger charge is 2.51. The summed E-state index contributed by atoms with van der Waals surface area (Å²) in [6.45, 7) is 2.74. The van der Waals surface area contributed by atoms with Gasteiger partial charge in [-0.2, -0.15) is 0 Å². The minimum atomic E-state index is -0.315. The Morgan fingerprint density at radius 3 is 2.38 bits per heavy atom. The highest BCUT2D eigenvalue weighted by atomic mass is 16.7. The first kappa shape index (κ1) is 18.2. The second-order valence-corrected chi connectivity index (χ2v) is 8.02. The van der Waals surface area contributed by atoms with Crippen molar-refractivity contribution in [2.24, 2.45) is 0 Å². The second kappa shape index (κ2) is 7.47. The van der Waals surface area contributed by atoms with Gasteiger partial charge in [-0.1, -0.05) is 12.1 Å². The molecule has 0 aromatic heterocycles. The summed E-state index contributed by atoms with van der Waals surface area (Å²) < 4.78 is 17.1. The third kappa shape index (κ3) is 3.38. The molecule has 4 rings (SSSR count). The van der Waals surface area contributed by atoms with E-state index >= 15 is 0 Å². The van der Waals surface area contributed by atoms with Crippen molar-refractivity contribution in [3.05, 3.63) is 29.8 Å². The smallest absolute Gasteiger partial charge is 0.168 e. The van der Waals surface area contributed by atoms with Gasteiger partial charge in [-0.3, -0.25) is 4.90 Å². The number of hydrogen-bond acceptors (Lipinski definition) is 5. The fourth-order valence-corrected chi connectivity index (χ4v) is 5.26. The summed E-state index contributed by atoms with van der Waals surface area (Å²) in [4.78, 5) is 2.60. The summed E-state index contributed by atoms with van der Waals surface area (Å²) >= 11 is 0. The van der Waals surface area contributed by atoms with Gasteiger partial charge in [-0.25, -0.2) is 0 Å². The van der Waals surface area contributed by atoms with Gasteiger partial charge in [0.1, 0.15) is 5.75 Å². The van der Waals surface area contributed by atoms with Gasteiger partial charge in [0, 0.05) is 24.4 Å². The van der Waals surface area contributed by atoms with Crippen LogP contribution >= 0.6 is 0 Å². The van der Waals surface area contributed by atoms with Crippen LogP contribution < -0.4 is 4.74 Å². The lowest BCUT2D eigenvalue weighted by molar-refractivity contribution is -0.194. The first-order valence-corrected chi connectivity index (χ1v) is 9.97. The SMILES string of the molecule is COc1ccc(C[C@@H](CO)N2CCCC23CCC2(CC3)OCCO2)cc1. The van der Waals surface area contributed by atoms with Gasteiger partial charge in [0.25, 0.3) is 0 Å². The lowest BCUT2D eigenvalue weighted by Crippen LogP contribution is -2.55. The standard InChI is InChI=1S/C21H31NO4/c1-24-19-5-3-17(4-6-19)15-18(16-23)22-12-2-7-20(22)8-10-21(11-9-20)25-13-14-26-21/h3-6,18,23H,2,7-16H2,1H3/t18-/m0/s1. The summed E-state index contributed by atoms with van der Waals surface area (Å²) in [5.74, 6) is 0.561. The molecule has 1 aromatic carbocycles. The molecule has 1 N–H and O–H groups in total. The molecule has 0 amide bonds. The number of ether oxygens (including phenoxy) is 3. The number of hydrogen-bond donors (Lipinski definition) is 1. The summed E-state index contributed by atoms with van der Waals surface area (Å²) in [5, 5.41) is 10.2. The molecule has 1 aromatic rings. The monoisotopic (exact) mass is 361 g/mol. The van der Waals surface area contributed by atoms with E-state index in [1.54, 1.807) is 7.11 Å². The molecular weight excluding hydrogens is 330 g/mol. The first-order chi connectivity index (χ1) is 12.7. The van der Waals surface area contributed by atoms with Crippen LogP contribution in [0.3, 0.4) is 0 Å². The van der Waals surface area contributed by atoms with Crippen LogP contribution in [0.25, 0.3) is 0 Å². The first-order valence-electron chi connectivity index (χ1n) is 9.97. The zero-order valence-electron chi connectivity index (χ0n) is 15.8. The normalized spacial score (nSPS) is 25.8. The molecule has 1 atom stereocenters. The fraction of sp³-hybridized carbons (Fsp3) is 0.714.